The highest BCUT2D eigenvalue weighted by Gasteiger charge is 2.17. The lowest BCUT2D eigenvalue weighted by molar-refractivity contribution is 0.483. The standard InChI is InChI=1S/C26H28N2O2S/c1-6-31-19-11-12-23(30-18-9-7-17(8-10-18)26(2,3)4)21(15-19)22-16-28(5)25(29)24-20(22)13-14-27-24/h7-16,27H,6H2,1-5H3. The number of aryl methyl sites for hydroxylation is 1. The quantitative estimate of drug-likeness (QED) is 0.355. The number of aromatic amines is 1. The van der Waals surface area contributed by atoms with Gasteiger partial charge in [-0.2, -0.15) is 0 Å². The van der Waals surface area contributed by atoms with Crippen LogP contribution >= 0.6 is 11.8 Å². The molecule has 0 atom stereocenters. The van der Waals surface area contributed by atoms with E-state index < -0.39 is 0 Å². The van der Waals surface area contributed by atoms with Gasteiger partial charge in [0.05, 0.1) is 0 Å². The van der Waals surface area contributed by atoms with Gasteiger partial charge in [0.15, 0.2) is 0 Å². The van der Waals surface area contributed by atoms with Crippen LogP contribution < -0.4 is 10.3 Å². The number of ether oxygens (including phenoxy) is 1. The Bertz CT molecular complexity index is 1280. The summed E-state index contributed by atoms with van der Waals surface area (Å²) in [6, 6.07) is 16.5. The van der Waals surface area contributed by atoms with Gasteiger partial charge < -0.3 is 14.3 Å². The van der Waals surface area contributed by atoms with Crippen LogP contribution in [0.4, 0.5) is 0 Å². The summed E-state index contributed by atoms with van der Waals surface area (Å²) < 4.78 is 7.97. The number of rotatable bonds is 5. The molecule has 4 nitrogen and oxygen atoms in total. The highest BCUT2D eigenvalue weighted by molar-refractivity contribution is 7.99. The molecular formula is C26H28N2O2S. The Labute approximate surface area is 187 Å². The van der Waals surface area contributed by atoms with Crippen LogP contribution in [0.15, 0.2) is 70.6 Å². The molecule has 1 N–H and O–H groups in total. The molecule has 0 saturated carbocycles. The van der Waals surface area contributed by atoms with Gasteiger partial charge in [-0.3, -0.25) is 4.79 Å². The molecule has 31 heavy (non-hydrogen) atoms. The summed E-state index contributed by atoms with van der Waals surface area (Å²) in [7, 11) is 1.78. The first kappa shape index (κ1) is 21.3. The summed E-state index contributed by atoms with van der Waals surface area (Å²) in [6.45, 7) is 8.74. The summed E-state index contributed by atoms with van der Waals surface area (Å²) in [5.74, 6) is 2.55. The van der Waals surface area contributed by atoms with E-state index in [9.17, 15) is 4.79 Å². The van der Waals surface area contributed by atoms with Crippen molar-refractivity contribution in [1.82, 2.24) is 9.55 Å². The third kappa shape index (κ3) is 4.28. The Morgan fingerprint density at radius 1 is 1.03 bits per heavy atom. The largest absolute Gasteiger partial charge is 0.457 e. The van der Waals surface area contributed by atoms with Crippen molar-refractivity contribution in [3.05, 3.63) is 76.8 Å². The van der Waals surface area contributed by atoms with Crippen LogP contribution in [0, 0.1) is 0 Å². The van der Waals surface area contributed by atoms with E-state index in [2.05, 4.69) is 56.9 Å². The van der Waals surface area contributed by atoms with Crippen LogP contribution in [-0.2, 0) is 12.5 Å². The fourth-order valence-corrected chi connectivity index (χ4v) is 4.40. The van der Waals surface area contributed by atoms with Crippen molar-refractivity contribution in [2.45, 2.75) is 38.0 Å². The summed E-state index contributed by atoms with van der Waals surface area (Å²) >= 11 is 1.79. The molecular weight excluding hydrogens is 404 g/mol. The number of nitrogens with zero attached hydrogens (tertiary/aromatic N) is 1. The molecule has 4 aromatic rings. The van der Waals surface area contributed by atoms with E-state index in [-0.39, 0.29) is 11.0 Å². The zero-order valence-corrected chi connectivity index (χ0v) is 19.5. The van der Waals surface area contributed by atoms with E-state index in [1.54, 1.807) is 23.4 Å². The Morgan fingerprint density at radius 3 is 2.45 bits per heavy atom. The fourth-order valence-electron chi connectivity index (χ4n) is 3.70. The first-order chi connectivity index (χ1) is 14.8. The van der Waals surface area contributed by atoms with E-state index in [0.29, 0.717) is 5.52 Å². The number of H-pyrrole nitrogens is 1. The molecule has 0 radical (unpaired) electrons. The Kier molecular flexibility index (Phi) is 5.71. The van der Waals surface area contributed by atoms with Crippen LogP contribution in [0.25, 0.3) is 22.0 Å². The van der Waals surface area contributed by atoms with Crippen molar-refractivity contribution >= 4 is 22.7 Å². The average Bonchev–Trinajstić information content (AvgIpc) is 3.22. The minimum absolute atomic E-state index is 0.0388. The molecule has 2 heterocycles. The molecule has 4 rings (SSSR count). The molecule has 160 valence electrons. The molecule has 0 aliphatic carbocycles. The molecule has 0 fully saturated rings. The number of hydrogen-bond donors (Lipinski definition) is 1. The Balaban J connectivity index is 1.83. The third-order valence-corrected chi connectivity index (χ3v) is 6.27. The van der Waals surface area contributed by atoms with Gasteiger partial charge in [0.2, 0.25) is 0 Å². The molecule has 2 aromatic carbocycles. The molecule has 5 heteroatoms. The number of pyridine rings is 1. The lowest BCUT2D eigenvalue weighted by Gasteiger charge is -2.19. The topological polar surface area (TPSA) is 47.0 Å². The van der Waals surface area contributed by atoms with Crippen molar-refractivity contribution in [3.63, 3.8) is 0 Å². The van der Waals surface area contributed by atoms with Crippen molar-refractivity contribution in [3.8, 4) is 22.6 Å². The van der Waals surface area contributed by atoms with Crippen molar-refractivity contribution < 1.29 is 4.74 Å². The maximum atomic E-state index is 12.5. The highest BCUT2D eigenvalue weighted by Crippen LogP contribution is 2.39. The van der Waals surface area contributed by atoms with E-state index in [1.807, 2.05) is 36.7 Å². The van der Waals surface area contributed by atoms with Gasteiger partial charge in [0.25, 0.3) is 5.56 Å². The van der Waals surface area contributed by atoms with Crippen LogP contribution in [0.2, 0.25) is 0 Å². The van der Waals surface area contributed by atoms with E-state index in [4.69, 9.17) is 4.74 Å². The van der Waals surface area contributed by atoms with Gasteiger partial charge >= 0.3 is 0 Å². The number of benzene rings is 2. The minimum atomic E-state index is -0.0388. The second-order valence-corrected chi connectivity index (χ2v) is 10.0. The average molecular weight is 433 g/mol. The lowest BCUT2D eigenvalue weighted by atomic mass is 9.87. The van der Waals surface area contributed by atoms with Crippen LogP contribution in [0.5, 0.6) is 11.5 Å². The zero-order chi connectivity index (χ0) is 22.2. The number of fused-ring (bicyclic) bond motifs is 1. The van der Waals surface area contributed by atoms with E-state index in [1.165, 1.54) is 10.5 Å². The molecule has 0 aliphatic rings. The predicted molar refractivity (Wildman–Crippen MR) is 131 cm³/mol. The lowest BCUT2D eigenvalue weighted by Crippen LogP contribution is -2.16. The van der Waals surface area contributed by atoms with Gasteiger partial charge in [-0.15, -0.1) is 11.8 Å². The maximum Gasteiger partial charge on any atom is 0.274 e. The molecule has 0 unspecified atom stereocenters. The van der Waals surface area contributed by atoms with Crippen LogP contribution in [0.3, 0.4) is 0 Å². The molecule has 0 aliphatic heterocycles. The van der Waals surface area contributed by atoms with Gasteiger partial charge in [0, 0.05) is 40.8 Å². The molecule has 2 aromatic heterocycles. The number of nitrogens with one attached hydrogen (secondary N) is 1. The molecule has 0 spiro atoms. The van der Waals surface area contributed by atoms with Gasteiger partial charge in [-0.25, -0.2) is 0 Å². The molecule has 0 bridgehead atoms. The Hall–Kier alpha value is -2.92. The number of hydrogen-bond acceptors (Lipinski definition) is 3. The minimum Gasteiger partial charge on any atom is -0.457 e. The SMILES string of the molecule is CCSc1ccc(Oc2ccc(C(C)(C)C)cc2)c(-c2cn(C)c(=O)c3[nH]ccc23)c1. The second-order valence-electron chi connectivity index (χ2n) is 8.69. The van der Waals surface area contributed by atoms with Gasteiger partial charge in [0.1, 0.15) is 17.0 Å². The smallest absolute Gasteiger partial charge is 0.274 e. The van der Waals surface area contributed by atoms with Crippen molar-refractivity contribution in [1.29, 1.82) is 0 Å². The number of aromatic nitrogens is 2. The zero-order valence-electron chi connectivity index (χ0n) is 18.7. The first-order valence-corrected chi connectivity index (χ1v) is 11.5. The normalized spacial score (nSPS) is 11.8. The summed E-state index contributed by atoms with van der Waals surface area (Å²) in [5.41, 5.74) is 3.87. The third-order valence-electron chi connectivity index (χ3n) is 5.39. The van der Waals surface area contributed by atoms with Gasteiger partial charge in [-0.05, 0) is 53.1 Å². The van der Waals surface area contributed by atoms with E-state index in [0.717, 1.165) is 33.8 Å². The monoisotopic (exact) mass is 432 g/mol. The molecule has 0 saturated heterocycles. The Morgan fingerprint density at radius 2 is 1.77 bits per heavy atom. The van der Waals surface area contributed by atoms with Crippen molar-refractivity contribution in [2.75, 3.05) is 5.75 Å². The molecule has 0 amide bonds. The predicted octanol–water partition coefficient (Wildman–Crippen LogP) is 6.74. The van der Waals surface area contributed by atoms with E-state index >= 15 is 0 Å². The van der Waals surface area contributed by atoms with Gasteiger partial charge in [-0.1, -0.05) is 39.8 Å². The second kappa shape index (κ2) is 8.31. The fraction of sp³-hybridized carbons (Fsp3) is 0.269. The highest BCUT2D eigenvalue weighted by atomic mass is 32.2. The number of thioether (sulfide) groups is 1. The van der Waals surface area contributed by atoms with Crippen LogP contribution in [0.1, 0.15) is 33.3 Å². The summed E-state index contributed by atoms with van der Waals surface area (Å²) in [6.07, 6.45) is 3.70. The maximum absolute atomic E-state index is 12.5. The first-order valence-electron chi connectivity index (χ1n) is 10.5. The van der Waals surface area contributed by atoms with Crippen LogP contribution in [-0.4, -0.2) is 15.3 Å². The summed E-state index contributed by atoms with van der Waals surface area (Å²) in [4.78, 5) is 16.8. The van der Waals surface area contributed by atoms with Crippen molar-refractivity contribution in [2.24, 2.45) is 7.05 Å². The summed E-state index contributed by atoms with van der Waals surface area (Å²) in [5, 5.41) is 0.898.